The van der Waals surface area contributed by atoms with Crippen molar-refractivity contribution >= 4 is 46.9 Å². The second-order valence-corrected chi connectivity index (χ2v) is 9.09. The normalized spacial score (nSPS) is 11.6. The summed E-state index contributed by atoms with van der Waals surface area (Å²) in [6.07, 6.45) is 0.277. The lowest BCUT2D eigenvalue weighted by molar-refractivity contribution is -0.117. The molecule has 0 radical (unpaired) electrons. The maximum absolute atomic E-state index is 13.1. The minimum Gasteiger partial charge on any atom is -0.310 e. The lowest BCUT2D eigenvalue weighted by Gasteiger charge is -2.24. The van der Waals surface area contributed by atoms with Gasteiger partial charge in [0.05, 0.1) is 23.4 Å². The van der Waals surface area contributed by atoms with Gasteiger partial charge in [-0.05, 0) is 43.4 Å². The Labute approximate surface area is 177 Å². The van der Waals surface area contributed by atoms with Crippen LogP contribution in [0.5, 0.6) is 0 Å². The van der Waals surface area contributed by atoms with Crippen molar-refractivity contribution in [2.45, 2.75) is 22.9 Å². The van der Waals surface area contributed by atoms with E-state index in [2.05, 4.69) is 11.2 Å². The van der Waals surface area contributed by atoms with Crippen LogP contribution in [0, 0.1) is 15.3 Å². The number of aromatic nitrogens is 2. The van der Waals surface area contributed by atoms with Gasteiger partial charge in [-0.1, -0.05) is 59.5 Å². The Kier molecular flexibility index (Phi) is 6.98. The summed E-state index contributed by atoms with van der Waals surface area (Å²) in [5.41, 5.74) is 1.69. The van der Waals surface area contributed by atoms with E-state index < -0.39 is 0 Å². The topological polar surface area (TPSA) is 61.9 Å². The first kappa shape index (κ1) is 20.3. The van der Waals surface area contributed by atoms with Crippen LogP contribution in [0.1, 0.15) is 13.3 Å². The highest BCUT2D eigenvalue weighted by atomic mass is 32.2. The lowest BCUT2D eigenvalue weighted by atomic mass is 10.2. The van der Waals surface area contributed by atoms with Crippen LogP contribution in [0.2, 0.25) is 0 Å². The van der Waals surface area contributed by atoms with E-state index in [1.165, 1.54) is 23.1 Å². The van der Waals surface area contributed by atoms with Gasteiger partial charge < -0.3 is 4.90 Å². The summed E-state index contributed by atoms with van der Waals surface area (Å²) >= 11 is 8.20. The molecule has 0 aliphatic heterocycles. The Morgan fingerprint density at radius 3 is 2.54 bits per heavy atom. The molecule has 0 saturated heterocycles. The summed E-state index contributed by atoms with van der Waals surface area (Å²) in [6, 6.07) is 21.2. The molecule has 1 aromatic heterocycles. The third kappa shape index (κ3) is 4.87. The smallest absolute Gasteiger partial charge is 0.240 e. The molecule has 1 atom stereocenters. The highest BCUT2D eigenvalue weighted by Gasteiger charge is 2.24. The quantitative estimate of drug-likeness (QED) is 0.389. The number of amides is 1. The van der Waals surface area contributed by atoms with E-state index in [9.17, 15) is 4.79 Å². The first-order valence-corrected chi connectivity index (χ1v) is 10.8. The molecule has 8 heteroatoms. The maximum atomic E-state index is 13.1. The van der Waals surface area contributed by atoms with Crippen LogP contribution in [0.3, 0.4) is 0 Å². The van der Waals surface area contributed by atoms with Gasteiger partial charge in [-0.3, -0.25) is 4.79 Å². The number of nitrogens with zero attached hydrogens (tertiary/aromatic N) is 4. The summed E-state index contributed by atoms with van der Waals surface area (Å²) < 4.78 is 3.09. The first-order valence-electron chi connectivity index (χ1n) is 8.66. The molecule has 0 spiro atoms. The summed E-state index contributed by atoms with van der Waals surface area (Å²) in [5.74, 6) is -0.0566. The fraction of sp³-hybridized carbons (Fsp3) is 0.200. The molecular weight excluding hydrogens is 408 g/mol. The molecule has 0 saturated carbocycles. The molecule has 0 aliphatic rings. The number of hydrogen-bond acceptors (Lipinski definition) is 6. The number of rotatable bonds is 7. The van der Waals surface area contributed by atoms with Crippen molar-refractivity contribution in [2.75, 3.05) is 11.4 Å². The van der Waals surface area contributed by atoms with Crippen LogP contribution in [0.4, 0.5) is 5.69 Å². The molecule has 2 aromatic carbocycles. The zero-order chi connectivity index (χ0) is 19.9. The van der Waals surface area contributed by atoms with Crippen molar-refractivity contribution in [3.63, 3.8) is 0 Å². The van der Waals surface area contributed by atoms with Gasteiger partial charge in [0, 0.05) is 12.2 Å². The molecule has 1 heterocycles. The fourth-order valence-electron chi connectivity index (χ4n) is 2.60. The van der Waals surface area contributed by atoms with Crippen molar-refractivity contribution in [3.8, 4) is 11.8 Å². The van der Waals surface area contributed by atoms with E-state index in [0.29, 0.717) is 10.5 Å². The molecule has 0 fully saturated rings. The minimum absolute atomic E-state index is 0.0566. The van der Waals surface area contributed by atoms with Gasteiger partial charge in [0.2, 0.25) is 5.91 Å². The number of carbonyl (C=O) groups is 1. The van der Waals surface area contributed by atoms with Crippen molar-refractivity contribution in [1.29, 1.82) is 5.26 Å². The number of thioether (sulfide) groups is 1. The Balaban J connectivity index is 1.78. The average molecular weight is 427 g/mol. The predicted octanol–water partition coefficient (Wildman–Crippen LogP) is 5.09. The third-order valence-corrected chi connectivity index (χ3v) is 6.34. The second-order valence-electron chi connectivity index (χ2n) is 5.87. The lowest BCUT2D eigenvalue weighted by Crippen LogP contribution is -2.37. The van der Waals surface area contributed by atoms with Gasteiger partial charge in [0.25, 0.3) is 0 Å². The monoisotopic (exact) mass is 426 g/mol. The van der Waals surface area contributed by atoms with Crippen LogP contribution in [0.25, 0.3) is 5.69 Å². The Bertz CT molecular complexity index is 1020. The highest BCUT2D eigenvalue weighted by Crippen LogP contribution is 2.29. The molecule has 0 bridgehead atoms. The molecule has 28 heavy (non-hydrogen) atoms. The molecule has 3 rings (SSSR count). The van der Waals surface area contributed by atoms with E-state index in [4.69, 9.17) is 17.5 Å². The van der Waals surface area contributed by atoms with E-state index in [1.54, 1.807) is 9.58 Å². The largest absolute Gasteiger partial charge is 0.310 e. The molecule has 1 amide bonds. The van der Waals surface area contributed by atoms with Crippen LogP contribution >= 0.6 is 35.3 Å². The second kappa shape index (κ2) is 9.64. The van der Waals surface area contributed by atoms with Gasteiger partial charge in [-0.25, -0.2) is 4.68 Å². The number of hydrogen-bond donors (Lipinski definition) is 0. The molecular formula is C20H18N4OS3. The summed E-state index contributed by atoms with van der Waals surface area (Å²) in [4.78, 5) is 14.7. The summed E-state index contributed by atoms with van der Waals surface area (Å²) in [5, 5.41) is 13.2. The van der Waals surface area contributed by atoms with E-state index in [0.717, 1.165) is 15.7 Å². The van der Waals surface area contributed by atoms with Gasteiger partial charge >= 0.3 is 0 Å². The molecule has 5 nitrogen and oxygen atoms in total. The minimum atomic E-state index is -0.358. The van der Waals surface area contributed by atoms with E-state index in [1.807, 2.05) is 67.6 Å². The van der Waals surface area contributed by atoms with Gasteiger partial charge in [-0.2, -0.15) is 5.26 Å². The SMILES string of the molecule is C[C@H](Sc1nn(-c2ccccc2)c(=S)s1)C(=O)N(CCC#N)c1ccccc1. The Morgan fingerprint density at radius 1 is 1.25 bits per heavy atom. The molecule has 3 aromatic rings. The standard InChI is InChI=1S/C20H18N4OS3/c1-15(18(25)23(14-8-13-21)16-9-4-2-5-10-16)27-19-22-24(20(26)28-19)17-11-6-3-7-12-17/h2-7,9-12,15H,8,14H2,1H3/t15-/m0/s1. The average Bonchev–Trinajstić information content (AvgIpc) is 3.09. The zero-order valence-electron chi connectivity index (χ0n) is 15.2. The number of para-hydroxylation sites is 2. The first-order chi connectivity index (χ1) is 13.6. The van der Waals surface area contributed by atoms with Gasteiger partial charge in [-0.15, -0.1) is 5.10 Å². The molecule has 142 valence electrons. The number of benzene rings is 2. The fourth-order valence-corrected chi connectivity index (χ4v) is 5.17. The predicted molar refractivity (Wildman–Crippen MR) is 117 cm³/mol. The Hall–Kier alpha value is -2.47. The van der Waals surface area contributed by atoms with Crippen LogP contribution in [-0.4, -0.2) is 27.5 Å². The zero-order valence-corrected chi connectivity index (χ0v) is 17.6. The van der Waals surface area contributed by atoms with E-state index >= 15 is 0 Å². The van der Waals surface area contributed by atoms with E-state index in [-0.39, 0.29) is 17.6 Å². The maximum Gasteiger partial charge on any atom is 0.240 e. The molecule has 0 N–H and O–H groups in total. The number of nitriles is 1. The van der Waals surface area contributed by atoms with Crippen molar-refractivity contribution in [3.05, 3.63) is 64.6 Å². The highest BCUT2D eigenvalue weighted by molar-refractivity contribution is 8.02. The van der Waals surface area contributed by atoms with Crippen molar-refractivity contribution < 1.29 is 4.79 Å². The summed E-state index contributed by atoms with van der Waals surface area (Å²) in [7, 11) is 0. The van der Waals surface area contributed by atoms with Crippen molar-refractivity contribution in [1.82, 2.24) is 9.78 Å². The number of anilines is 1. The Morgan fingerprint density at radius 2 is 1.89 bits per heavy atom. The van der Waals surface area contributed by atoms with Crippen molar-refractivity contribution in [2.24, 2.45) is 0 Å². The molecule has 0 aliphatic carbocycles. The van der Waals surface area contributed by atoms with Crippen LogP contribution in [-0.2, 0) is 4.79 Å². The third-order valence-electron chi connectivity index (χ3n) is 3.94. The van der Waals surface area contributed by atoms with Gasteiger partial charge in [0.15, 0.2) is 8.29 Å². The summed E-state index contributed by atoms with van der Waals surface area (Å²) in [6.45, 7) is 2.21. The molecule has 0 unspecified atom stereocenters. The number of carbonyl (C=O) groups excluding carboxylic acids is 1. The van der Waals surface area contributed by atoms with Crippen LogP contribution in [0.15, 0.2) is 65.0 Å². The van der Waals surface area contributed by atoms with Crippen LogP contribution < -0.4 is 4.90 Å². The van der Waals surface area contributed by atoms with Gasteiger partial charge in [0.1, 0.15) is 0 Å².